The van der Waals surface area contributed by atoms with Crippen LogP contribution in [0.15, 0.2) is 36.1 Å². The third-order valence-electron chi connectivity index (χ3n) is 3.03. The molecule has 23 heavy (non-hydrogen) atoms. The van der Waals surface area contributed by atoms with Crippen LogP contribution in [0.2, 0.25) is 10.0 Å². The molecule has 0 fully saturated rings. The number of carbonyl (C=O) groups excluding carboxylic acids is 1. The summed E-state index contributed by atoms with van der Waals surface area (Å²) in [5.74, 6) is 0.289. The lowest BCUT2D eigenvalue weighted by Crippen LogP contribution is -2.28. The van der Waals surface area contributed by atoms with E-state index in [4.69, 9.17) is 23.2 Å². The van der Waals surface area contributed by atoms with Crippen molar-refractivity contribution in [2.75, 3.05) is 0 Å². The molecule has 118 valence electrons. The summed E-state index contributed by atoms with van der Waals surface area (Å²) >= 11 is 13.3. The van der Waals surface area contributed by atoms with Crippen molar-refractivity contribution in [2.45, 2.75) is 13.0 Å². The first-order chi connectivity index (χ1) is 11.0. The molecule has 1 aromatic carbocycles. The number of halogens is 2. The molecule has 1 amide bonds. The molecule has 0 spiro atoms. The quantitative estimate of drug-likeness (QED) is 0.765. The molecular formula is C14H11Cl2N5OS. The lowest BCUT2D eigenvalue weighted by atomic mass is 10.2. The topological polar surface area (TPSA) is 72.7 Å². The van der Waals surface area contributed by atoms with Crippen molar-refractivity contribution in [3.8, 4) is 5.13 Å². The number of thiazole rings is 1. The highest BCUT2D eigenvalue weighted by Crippen LogP contribution is 2.21. The van der Waals surface area contributed by atoms with Gasteiger partial charge in [-0.3, -0.25) is 4.79 Å². The summed E-state index contributed by atoms with van der Waals surface area (Å²) in [6, 6.07) is 4.32. The van der Waals surface area contributed by atoms with E-state index in [-0.39, 0.29) is 11.9 Å². The molecule has 1 atom stereocenters. The summed E-state index contributed by atoms with van der Waals surface area (Å²) in [4.78, 5) is 20.8. The number of hydrogen-bond acceptors (Lipinski definition) is 5. The monoisotopic (exact) mass is 367 g/mol. The maximum atomic E-state index is 12.4. The van der Waals surface area contributed by atoms with Crippen molar-refractivity contribution in [3.05, 3.63) is 57.5 Å². The highest BCUT2D eigenvalue weighted by Gasteiger charge is 2.19. The van der Waals surface area contributed by atoms with Crippen molar-refractivity contribution in [1.29, 1.82) is 0 Å². The van der Waals surface area contributed by atoms with Gasteiger partial charge in [-0.2, -0.15) is 9.78 Å². The van der Waals surface area contributed by atoms with Crippen LogP contribution in [0.5, 0.6) is 0 Å². The van der Waals surface area contributed by atoms with Gasteiger partial charge in [-0.1, -0.05) is 23.2 Å². The zero-order valence-electron chi connectivity index (χ0n) is 11.9. The number of amides is 1. The van der Waals surface area contributed by atoms with E-state index < -0.39 is 0 Å². The van der Waals surface area contributed by atoms with E-state index in [0.717, 1.165) is 0 Å². The molecule has 0 unspecified atom stereocenters. The molecule has 0 bridgehead atoms. The van der Waals surface area contributed by atoms with Crippen LogP contribution in [0.3, 0.4) is 0 Å². The van der Waals surface area contributed by atoms with Gasteiger partial charge in [0.2, 0.25) is 5.13 Å². The summed E-state index contributed by atoms with van der Waals surface area (Å²) < 4.78 is 1.60. The minimum absolute atomic E-state index is 0.296. The molecule has 9 heteroatoms. The van der Waals surface area contributed by atoms with E-state index in [1.54, 1.807) is 29.1 Å². The molecule has 1 N–H and O–H groups in total. The SMILES string of the molecule is C[C@H](NC(=O)c1cc(Cl)cc(Cl)c1)c1ncnn1-c1nccs1. The fourth-order valence-electron chi connectivity index (χ4n) is 2.04. The van der Waals surface area contributed by atoms with Crippen molar-refractivity contribution in [2.24, 2.45) is 0 Å². The average Bonchev–Trinajstić information content (AvgIpc) is 3.17. The van der Waals surface area contributed by atoms with Gasteiger partial charge in [-0.15, -0.1) is 11.3 Å². The number of carbonyl (C=O) groups is 1. The predicted octanol–water partition coefficient (Wildman–Crippen LogP) is 3.52. The molecule has 0 aliphatic rings. The van der Waals surface area contributed by atoms with E-state index in [0.29, 0.717) is 26.6 Å². The smallest absolute Gasteiger partial charge is 0.251 e. The van der Waals surface area contributed by atoms with Gasteiger partial charge in [0.1, 0.15) is 6.33 Å². The molecule has 0 aliphatic heterocycles. The average molecular weight is 368 g/mol. The fourth-order valence-corrected chi connectivity index (χ4v) is 3.17. The van der Waals surface area contributed by atoms with E-state index in [1.807, 2.05) is 12.3 Å². The van der Waals surface area contributed by atoms with Crippen molar-refractivity contribution in [3.63, 3.8) is 0 Å². The molecule has 0 radical (unpaired) electrons. The van der Waals surface area contributed by atoms with Crippen LogP contribution in [0.1, 0.15) is 29.1 Å². The van der Waals surface area contributed by atoms with Crippen LogP contribution in [-0.2, 0) is 0 Å². The van der Waals surface area contributed by atoms with E-state index in [9.17, 15) is 4.79 Å². The number of rotatable bonds is 4. The summed E-state index contributed by atoms with van der Waals surface area (Å²) in [7, 11) is 0. The van der Waals surface area contributed by atoms with Crippen molar-refractivity contribution < 1.29 is 4.79 Å². The summed E-state index contributed by atoms with van der Waals surface area (Å²) in [5.41, 5.74) is 0.384. The molecule has 3 rings (SSSR count). The fraction of sp³-hybridized carbons (Fsp3) is 0.143. The number of nitrogens with one attached hydrogen (secondary N) is 1. The zero-order chi connectivity index (χ0) is 16.4. The van der Waals surface area contributed by atoms with Gasteiger partial charge in [0.25, 0.3) is 5.91 Å². The Morgan fingerprint density at radius 2 is 2.00 bits per heavy atom. The largest absolute Gasteiger partial charge is 0.342 e. The Hall–Kier alpha value is -1.96. The molecule has 2 aromatic heterocycles. The minimum atomic E-state index is -0.369. The number of aromatic nitrogens is 4. The standard InChI is InChI=1S/C14H11Cl2N5OS/c1-8(12-18-7-19-21(12)14-17-2-3-23-14)20-13(22)9-4-10(15)6-11(16)5-9/h2-8H,1H3,(H,20,22)/t8-/m0/s1. The third-order valence-corrected chi connectivity index (χ3v) is 4.22. The first-order valence-electron chi connectivity index (χ1n) is 6.61. The molecule has 6 nitrogen and oxygen atoms in total. The first kappa shape index (κ1) is 15.9. The zero-order valence-corrected chi connectivity index (χ0v) is 14.2. The van der Waals surface area contributed by atoms with Crippen LogP contribution in [-0.4, -0.2) is 25.7 Å². The Labute approximate surface area is 146 Å². The molecule has 3 aromatic rings. The second kappa shape index (κ2) is 6.66. The number of benzene rings is 1. The highest BCUT2D eigenvalue weighted by molar-refractivity contribution is 7.12. The van der Waals surface area contributed by atoms with Gasteiger partial charge in [0.15, 0.2) is 5.82 Å². The number of hydrogen-bond donors (Lipinski definition) is 1. The molecule has 0 aliphatic carbocycles. The van der Waals surface area contributed by atoms with Crippen LogP contribution < -0.4 is 5.32 Å². The van der Waals surface area contributed by atoms with Gasteiger partial charge >= 0.3 is 0 Å². The lowest BCUT2D eigenvalue weighted by molar-refractivity contribution is 0.0938. The van der Waals surface area contributed by atoms with Crippen LogP contribution in [0.25, 0.3) is 5.13 Å². The Bertz CT molecular complexity index is 813. The van der Waals surface area contributed by atoms with Gasteiger partial charge in [0.05, 0.1) is 6.04 Å². The molecule has 2 heterocycles. The Kier molecular flexibility index (Phi) is 4.61. The van der Waals surface area contributed by atoms with Crippen LogP contribution in [0.4, 0.5) is 0 Å². The normalized spacial score (nSPS) is 12.1. The lowest BCUT2D eigenvalue weighted by Gasteiger charge is -2.14. The van der Waals surface area contributed by atoms with Gasteiger partial charge in [0, 0.05) is 27.2 Å². The van der Waals surface area contributed by atoms with E-state index >= 15 is 0 Å². The summed E-state index contributed by atoms with van der Waals surface area (Å²) in [6.07, 6.45) is 3.11. The van der Waals surface area contributed by atoms with E-state index in [2.05, 4.69) is 20.4 Å². The van der Waals surface area contributed by atoms with Crippen LogP contribution >= 0.6 is 34.5 Å². The van der Waals surface area contributed by atoms with Crippen molar-refractivity contribution >= 4 is 40.4 Å². The van der Waals surface area contributed by atoms with Gasteiger partial charge in [-0.05, 0) is 25.1 Å². The van der Waals surface area contributed by atoms with Gasteiger partial charge in [-0.25, -0.2) is 9.97 Å². The Morgan fingerprint density at radius 3 is 2.65 bits per heavy atom. The number of nitrogens with zero attached hydrogens (tertiary/aromatic N) is 4. The predicted molar refractivity (Wildman–Crippen MR) is 89.4 cm³/mol. The van der Waals surface area contributed by atoms with E-state index in [1.165, 1.54) is 17.7 Å². The molecule has 0 saturated heterocycles. The Balaban J connectivity index is 1.81. The maximum Gasteiger partial charge on any atom is 0.251 e. The first-order valence-corrected chi connectivity index (χ1v) is 8.25. The maximum absolute atomic E-state index is 12.4. The van der Waals surface area contributed by atoms with Gasteiger partial charge < -0.3 is 5.32 Å². The second-order valence-electron chi connectivity index (χ2n) is 4.70. The summed E-state index contributed by atoms with van der Waals surface area (Å²) in [6.45, 7) is 1.82. The Morgan fingerprint density at radius 1 is 1.26 bits per heavy atom. The minimum Gasteiger partial charge on any atom is -0.342 e. The highest BCUT2D eigenvalue weighted by atomic mass is 35.5. The van der Waals surface area contributed by atoms with Crippen molar-refractivity contribution in [1.82, 2.24) is 25.1 Å². The second-order valence-corrected chi connectivity index (χ2v) is 6.44. The molecule has 0 saturated carbocycles. The summed E-state index contributed by atoms with van der Waals surface area (Å²) in [5, 5.41) is 10.3. The molecular weight excluding hydrogens is 357 g/mol. The third kappa shape index (κ3) is 3.52. The van der Waals surface area contributed by atoms with Crippen LogP contribution in [0, 0.1) is 0 Å².